The molecule has 0 aliphatic carbocycles. The normalized spacial score (nSPS) is 6.60. The van der Waals surface area contributed by atoms with Gasteiger partial charge in [0.2, 0.25) is 0 Å². The topological polar surface area (TPSA) is 34.1 Å². The zero-order valence-corrected chi connectivity index (χ0v) is 2.47. The predicted molar refractivity (Wildman–Crippen MR) is 15.4 cm³/mol. The lowest BCUT2D eigenvalue weighted by molar-refractivity contribution is -0.126. The van der Waals surface area contributed by atoms with Crippen molar-refractivity contribution in [2.45, 2.75) is 0 Å². The van der Waals surface area contributed by atoms with Crippen molar-refractivity contribution in [3.63, 3.8) is 0 Å². The molecule has 2 nitrogen and oxygen atoms in total. The van der Waals surface area contributed by atoms with Gasteiger partial charge in [0.15, 0.2) is 12.1 Å². The summed E-state index contributed by atoms with van der Waals surface area (Å²) in [6.07, 6.45) is 0.0556. The van der Waals surface area contributed by atoms with Crippen LogP contribution in [0.25, 0.3) is 0 Å². The Kier molecular flexibility index (Phi) is 1.42. The van der Waals surface area contributed by atoms with Crippen LogP contribution < -0.4 is 0 Å². The van der Waals surface area contributed by atoms with E-state index >= 15 is 0 Å². The second-order valence-corrected chi connectivity index (χ2v) is 0.520. The second-order valence-electron chi connectivity index (χ2n) is 0.520. The number of aldehydes is 1. The third kappa shape index (κ3) is 3.34. The van der Waals surface area contributed by atoms with Gasteiger partial charge in [0.25, 0.3) is 0 Å². The summed E-state index contributed by atoms with van der Waals surface area (Å²) in [7, 11) is 0. The van der Waals surface area contributed by atoms with Crippen LogP contribution in [0.4, 0.5) is 0 Å². The quantitative estimate of drug-likeness (QED) is 0.307. The maximum atomic E-state index is 9.22. The molecule has 0 aliphatic heterocycles. The summed E-state index contributed by atoms with van der Waals surface area (Å²) in [6.45, 7) is 4.28. The van der Waals surface area contributed by atoms with Crippen molar-refractivity contribution in [3.05, 3.63) is 6.92 Å². The first kappa shape index (κ1) is 4.34. The molecule has 0 amide bonds. The van der Waals surface area contributed by atoms with Crippen LogP contribution >= 0.6 is 0 Å². The summed E-state index contributed by atoms with van der Waals surface area (Å²) in [5.41, 5.74) is 0. The molecule has 0 atom stereocenters. The maximum absolute atomic E-state index is 9.22. The number of hydrogen-bond donors (Lipinski definition) is 0. The Morgan fingerprint density at radius 3 is 2.00 bits per heavy atom. The molecule has 0 fully saturated rings. The van der Waals surface area contributed by atoms with Crippen LogP contribution in [0, 0.1) is 6.92 Å². The highest BCUT2D eigenvalue weighted by atomic mass is 16.2. The van der Waals surface area contributed by atoms with Crippen molar-refractivity contribution in [1.82, 2.24) is 0 Å². The van der Waals surface area contributed by atoms with Crippen molar-refractivity contribution in [2.24, 2.45) is 0 Å². The summed E-state index contributed by atoms with van der Waals surface area (Å²) in [5, 5.41) is 0. The van der Waals surface area contributed by atoms with E-state index in [1.54, 1.807) is 0 Å². The molecule has 0 saturated carbocycles. The molecule has 0 bridgehead atoms. The molecule has 0 saturated heterocycles. The van der Waals surface area contributed by atoms with E-state index in [1.165, 1.54) is 0 Å². The highest BCUT2D eigenvalue weighted by Gasteiger charge is 1.77. The molecular formula is C3H2O2. The number of ketones is 1. The summed E-state index contributed by atoms with van der Waals surface area (Å²) in [5.74, 6) is -0.926. The molecule has 0 aromatic carbocycles. The lowest BCUT2D eigenvalue weighted by Crippen LogP contribution is -1.86. The summed E-state index contributed by atoms with van der Waals surface area (Å²) in [4.78, 5) is 18.3. The molecule has 0 spiro atoms. The lowest BCUT2D eigenvalue weighted by Gasteiger charge is -1.56. The predicted octanol–water partition coefficient (Wildman–Crippen LogP) is -0.535. The van der Waals surface area contributed by atoms with E-state index in [0.29, 0.717) is 0 Å². The van der Waals surface area contributed by atoms with E-state index in [9.17, 15) is 4.79 Å². The molecule has 0 unspecified atom stereocenters. The Labute approximate surface area is 29.8 Å². The van der Waals surface area contributed by atoms with E-state index in [2.05, 4.69) is 6.92 Å². The van der Waals surface area contributed by atoms with Crippen molar-refractivity contribution in [2.75, 3.05) is 0 Å². The molecule has 0 aromatic heterocycles. The highest BCUT2D eigenvalue weighted by molar-refractivity contribution is 6.27. The van der Waals surface area contributed by atoms with Crippen molar-refractivity contribution < 1.29 is 9.59 Å². The fourth-order valence-electron chi connectivity index (χ4n) is 0. The van der Waals surface area contributed by atoms with Crippen LogP contribution in [0.5, 0.6) is 0 Å². The number of hydrogen-bond acceptors (Lipinski definition) is 2. The number of carbonyl (C=O) groups is 2. The minimum absolute atomic E-state index is 0.0556. The first-order chi connectivity index (χ1) is 2.27. The number of rotatable bonds is 1. The molecule has 0 rings (SSSR count). The van der Waals surface area contributed by atoms with Gasteiger partial charge in [-0.2, -0.15) is 0 Å². The van der Waals surface area contributed by atoms with Gasteiger partial charge in [-0.3, -0.25) is 9.59 Å². The fourth-order valence-corrected chi connectivity index (χ4v) is 0. The molecule has 0 N–H and O–H groups in total. The van der Waals surface area contributed by atoms with Crippen LogP contribution in [0.2, 0.25) is 0 Å². The first-order valence-corrected chi connectivity index (χ1v) is 1.02. The third-order valence-electron chi connectivity index (χ3n) is 0.116. The van der Waals surface area contributed by atoms with Gasteiger partial charge < -0.3 is 0 Å². The zero-order valence-electron chi connectivity index (χ0n) is 2.47. The largest absolute Gasteiger partial charge is 0.295 e. The average Bonchev–Trinajstić information content (AvgIpc) is 1.38. The fraction of sp³-hybridized carbons (Fsp3) is 0. The van der Waals surface area contributed by atoms with Gasteiger partial charge in [-0.1, -0.05) is 0 Å². The van der Waals surface area contributed by atoms with Gasteiger partial charge >= 0.3 is 0 Å². The van der Waals surface area contributed by atoms with Crippen LogP contribution in [0.15, 0.2) is 0 Å². The minimum Gasteiger partial charge on any atom is -0.295 e. The Morgan fingerprint density at radius 1 is 1.80 bits per heavy atom. The number of carbonyl (C=O) groups excluding carboxylic acids is 2. The second kappa shape index (κ2) is 1.64. The SMILES string of the molecule is [CH]C(=O)C=O. The summed E-state index contributed by atoms with van der Waals surface area (Å²) in [6, 6.07) is 0. The molecule has 2 heteroatoms. The summed E-state index contributed by atoms with van der Waals surface area (Å²) >= 11 is 0. The maximum Gasteiger partial charge on any atom is 0.199 e. The molecule has 26 valence electrons. The van der Waals surface area contributed by atoms with Crippen molar-refractivity contribution in [3.8, 4) is 0 Å². The van der Waals surface area contributed by atoms with Gasteiger partial charge in [-0.05, 0) is 0 Å². The van der Waals surface area contributed by atoms with Crippen LogP contribution in [-0.4, -0.2) is 12.1 Å². The van der Waals surface area contributed by atoms with E-state index in [4.69, 9.17) is 4.79 Å². The highest BCUT2D eigenvalue weighted by Crippen LogP contribution is 1.46. The zero-order chi connectivity index (χ0) is 4.28. The molecule has 0 heterocycles. The Morgan fingerprint density at radius 2 is 2.00 bits per heavy atom. The Bertz CT molecular complexity index is 55.9. The van der Waals surface area contributed by atoms with E-state index in [1.807, 2.05) is 0 Å². The smallest absolute Gasteiger partial charge is 0.199 e. The molecule has 0 aromatic rings. The first-order valence-electron chi connectivity index (χ1n) is 1.02. The standard InChI is InChI=1S/C3H2O2/c1-3(5)2-4/h1-2H. The molecule has 2 radical (unpaired) electrons. The van der Waals surface area contributed by atoms with Crippen molar-refractivity contribution >= 4 is 12.1 Å². The van der Waals surface area contributed by atoms with Gasteiger partial charge in [-0.25, -0.2) is 0 Å². The Balaban J connectivity index is 3.20. The van der Waals surface area contributed by atoms with E-state index < -0.39 is 5.78 Å². The van der Waals surface area contributed by atoms with Crippen LogP contribution in [0.1, 0.15) is 0 Å². The minimum atomic E-state index is -0.926. The number of Topliss-reactive ketones (excluding diaryl/α,β-unsaturated/α-hetero) is 1. The van der Waals surface area contributed by atoms with E-state index in [-0.39, 0.29) is 6.29 Å². The molecular weight excluding hydrogens is 68.0 g/mol. The van der Waals surface area contributed by atoms with Gasteiger partial charge in [0, 0.05) is 6.92 Å². The lowest BCUT2D eigenvalue weighted by atomic mass is 10.5. The van der Waals surface area contributed by atoms with Crippen LogP contribution in [-0.2, 0) is 9.59 Å². The molecule has 5 heavy (non-hydrogen) atoms. The monoisotopic (exact) mass is 70.0 g/mol. The average molecular weight is 70.0 g/mol. The summed E-state index contributed by atoms with van der Waals surface area (Å²) < 4.78 is 0. The third-order valence-corrected chi connectivity index (χ3v) is 0.116. The van der Waals surface area contributed by atoms with Gasteiger partial charge in [-0.15, -0.1) is 0 Å². The van der Waals surface area contributed by atoms with E-state index in [0.717, 1.165) is 0 Å². The van der Waals surface area contributed by atoms with Crippen molar-refractivity contribution in [1.29, 1.82) is 0 Å². The van der Waals surface area contributed by atoms with Gasteiger partial charge in [0.1, 0.15) is 0 Å². The van der Waals surface area contributed by atoms with Gasteiger partial charge in [0.05, 0.1) is 0 Å². The Hall–Kier alpha value is -0.660. The molecule has 0 aliphatic rings. The van der Waals surface area contributed by atoms with Crippen LogP contribution in [0.3, 0.4) is 0 Å².